The van der Waals surface area contributed by atoms with Crippen LogP contribution in [0.3, 0.4) is 0 Å². The van der Waals surface area contributed by atoms with E-state index in [9.17, 15) is 9.18 Å². The number of ether oxygens (including phenoxy) is 1. The Labute approximate surface area is 150 Å². The predicted molar refractivity (Wildman–Crippen MR) is 96.6 cm³/mol. The summed E-state index contributed by atoms with van der Waals surface area (Å²) in [5.41, 5.74) is 1.86. The number of nitrogens with one attached hydrogen (secondary N) is 2. The smallest absolute Gasteiger partial charge is 0.268 e. The number of aromatic amines is 1. The number of hydrogen-bond acceptors (Lipinski definition) is 3. The Morgan fingerprint density at radius 1 is 1.35 bits per heavy atom. The maximum absolute atomic E-state index is 13.3. The fourth-order valence-electron chi connectivity index (χ4n) is 2.81. The van der Waals surface area contributed by atoms with E-state index in [2.05, 4.69) is 15.3 Å². The van der Waals surface area contributed by atoms with Crippen molar-refractivity contribution in [2.45, 2.75) is 25.8 Å². The zero-order valence-electron chi connectivity index (χ0n) is 14.5. The van der Waals surface area contributed by atoms with Crippen LogP contribution >= 0.6 is 0 Å². The average molecular weight is 353 g/mol. The molecular weight excluding hydrogens is 333 g/mol. The Hall–Kier alpha value is -2.89. The monoisotopic (exact) mass is 353 g/mol. The van der Waals surface area contributed by atoms with Gasteiger partial charge in [0.2, 0.25) is 0 Å². The summed E-state index contributed by atoms with van der Waals surface area (Å²) in [7, 11) is 0. The van der Waals surface area contributed by atoms with E-state index in [1.807, 2.05) is 19.1 Å². The van der Waals surface area contributed by atoms with Crippen molar-refractivity contribution in [3.63, 3.8) is 0 Å². The van der Waals surface area contributed by atoms with Gasteiger partial charge in [-0.15, -0.1) is 0 Å². The first-order valence-corrected chi connectivity index (χ1v) is 8.76. The van der Waals surface area contributed by atoms with Crippen molar-refractivity contribution in [1.29, 1.82) is 0 Å². The number of H-pyrrole nitrogens is 1. The first-order valence-electron chi connectivity index (χ1n) is 8.76. The largest absolute Gasteiger partial charge is 0.492 e. The highest BCUT2D eigenvalue weighted by molar-refractivity contribution is 5.98. The highest BCUT2D eigenvalue weighted by Gasteiger charge is 2.22. The van der Waals surface area contributed by atoms with Gasteiger partial charge in [-0.2, -0.15) is 0 Å². The van der Waals surface area contributed by atoms with Gasteiger partial charge in [-0.05, 0) is 62.1 Å². The molecule has 0 bridgehead atoms. The Balaban J connectivity index is 1.40. The number of amides is 1. The number of benzene rings is 1. The lowest BCUT2D eigenvalue weighted by molar-refractivity contribution is 0.0935. The van der Waals surface area contributed by atoms with Gasteiger partial charge in [0.25, 0.3) is 5.91 Å². The molecule has 0 radical (unpaired) electrons. The van der Waals surface area contributed by atoms with Crippen LogP contribution in [0.1, 0.15) is 42.0 Å². The number of pyridine rings is 1. The lowest BCUT2D eigenvalue weighted by Gasteiger charge is -2.13. The standard InChI is InChI=1S/C20H20FN3O2/c1-12(17-7-5-16(10-22-17)26-11-13-2-3-13)23-20(25)19-9-14-8-15(21)4-6-18(14)24-19/h4-10,12-13,24H,2-3,11H2,1H3,(H,23,25)/t12-/m1/s1. The Kier molecular flexibility index (Phi) is 4.32. The minimum absolute atomic E-state index is 0.259. The van der Waals surface area contributed by atoms with Crippen LogP contribution in [0.15, 0.2) is 42.6 Å². The van der Waals surface area contributed by atoms with E-state index >= 15 is 0 Å². The maximum Gasteiger partial charge on any atom is 0.268 e. The highest BCUT2D eigenvalue weighted by Crippen LogP contribution is 2.29. The van der Waals surface area contributed by atoms with Gasteiger partial charge in [-0.3, -0.25) is 9.78 Å². The molecule has 26 heavy (non-hydrogen) atoms. The van der Waals surface area contributed by atoms with Crippen LogP contribution in [-0.4, -0.2) is 22.5 Å². The Bertz CT molecular complexity index is 932. The molecule has 0 saturated heterocycles. The summed E-state index contributed by atoms with van der Waals surface area (Å²) in [6, 6.07) is 9.49. The number of rotatable bonds is 6. The van der Waals surface area contributed by atoms with E-state index in [1.165, 1.54) is 25.0 Å². The second-order valence-electron chi connectivity index (χ2n) is 6.78. The second kappa shape index (κ2) is 6.78. The number of halogens is 1. The molecule has 1 amide bonds. The number of hydrogen-bond donors (Lipinski definition) is 2. The summed E-state index contributed by atoms with van der Waals surface area (Å²) in [5, 5.41) is 3.57. The quantitative estimate of drug-likeness (QED) is 0.704. The maximum atomic E-state index is 13.3. The number of fused-ring (bicyclic) bond motifs is 1. The molecule has 1 atom stereocenters. The third-order valence-corrected chi connectivity index (χ3v) is 4.56. The van der Waals surface area contributed by atoms with Crippen molar-refractivity contribution < 1.29 is 13.9 Å². The molecule has 1 saturated carbocycles. The van der Waals surface area contributed by atoms with Crippen LogP contribution in [0.4, 0.5) is 4.39 Å². The summed E-state index contributed by atoms with van der Waals surface area (Å²) in [6.45, 7) is 2.61. The molecule has 0 aliphatic heterocycles. The number of carbonyl (C=O) groups excluding carboxylic acids is 1. The van der Waals surface area contributed by atoms with Crippen molar-refractivity contribution in [2.24, 2.45) is 5.92 Å². The van der Waals surface area contributed by atoms with E-state index in [0.29, 0.717) is 17.0 Å². The summed E-state index contributed by atoms with van der Waals surface area (Å²) >= 11 is 0. The van der Waals surface area contributed by atoms with E-state index < -0.39 is 0 Å². The number of aromatic nitrogens is 2. The molecule has 3 aromatic rings. The molecule has 6 heteroatoms. The van der Waals surface area contributed by atoms with Crippen molar-refractivity contribution in [3.05, 3.63) is 59.8 Å². The lowest BCUT2D eigenvalue weighted by atomic mass is 10.2. The molecule has 5 nitrogen and oxygen atoms in total. The van der Waals surface area contributed by atoms with Gasteiger partial charge < -0.3 is 15.0 Å². The normalized spacial score (nSPS) is 15.0. The topological polar surface area (TPSA) is 67.0 Å². The van der Waals surface area contributed by atoms with Crippen LogP contribution in [0.25, 0.3) is 10.9 Å². The van der Waals surface area contributed by atoms with Crippen LogP contribution < -0.4 is 10.1 Å². The SMILES string of the molecule is C[C@@H](NC(=O)c1cc2cc(F)ccc2[nH]1)c1ccc(OCC2CC2)cn1. The lowest BCUT2D eigenvalue weighted by Crippen LogP contribution is -2.27. The van der Waals surface area contributed by atoms with Gasteiger partial charge in [0.15, 0.2) is 0 Å². The minimum Gasteiger partial charge on any atom is -0.492 e. The number of nitrogens with zero attached hydrogens (tertiary/aromatic N) is 1. The summed E-state index contributed by atoms with van der Waals surface area (Å²) in [6.07, 6.45) is 4.18. The van der Waals surface area contributed by atoms with Crippen molar-refractivity contribution in [3.8, 4) is 5.75 Å². The third-order valence-electron chi connectivity index (χ3n) is 4.56. The van der Waals surface area contributed by atoms with Crippen molar-refractivity contribution in [2.75, 3.05) is 6.61 Å². The predicted octanol–water partition coefficient (Wildman–Crippen LogP) is 3.98. The second-order valence-corrected chi connectivity index (χ2v) is 6.78. The third kappa shape index (κ3) is 3.69. The summed E-state index contributed by atoms with van der Waals surface area (Å²) in [5.74, 6) is 0.851. The van der Waals surface area contributed by atoms with E-state index in [1.54, 1.807) is 18.3 Å². The average Bonchev–Trinajstić information content (AvgIpc) is 3.37. The van der Waals surface area contributed by atoms with Crippen molar-refractivity contribution in [1.82, 2.24) is 15.3 Å². The molecular formula is C20H20FN3O2. The summed E-state index contributed by atoms with van der Waals surface area (Å²) < 4.78 is 19.0. The molecule has 1 aliphatic carbocycles. The first kappa shape index (κ1) is 16.6. The molecule has 1 aromatic carbocycles. The van der Waals surface area contributed by atoms with Crippen LogP contribution in [0, 0.1) is 11.7 Å². The summed E-state index contributed by atoms with van der Waals surface area (Å²) in [4.78, 5) is 19.8. The first-order chi connectivity index (χ1) is 12.6. The molecule has 134 valence electrons. The van der Waals surface area contributed by atoms with Gasteiger partial charge in [0, 0.05) is 10.9 Å². The molecule has 1 aliphatic rings. The zero-order valence-corrected chi connectivity index (χ0v) is 14.5. The van der Waals surface area contributed by atoms with Gasteiger partial charge in [-0.25, -0.2) is 4.39 Å². The van der Waals surface area contributed by atoms with Crippen LogP contribution in [-0.2, 0) is 0 Å². The van der Waals surface area contributed by atoms with Gasteiger partial charge in [-0.1, -0.05) is 0 Å². The molecule has 2 heterocycles. The fraction of sp³-hybridized carbons (Fsp3) is 0.300. The van der Waals surface area contributed by atoms with Crippen LogP contribution in [0.5, 0.6) is 5.75 Å². The fourth-order valence-corrected chi connectivity index (χ4v) is 2.81. The van der Waals surface area contributed by atoms with E-state index in [0.717, 1.165) is 23.6 Å². The van der Waals surface area contributed by atoms with E-state index in [-0.39, 0.29) is 17.8 Å². The Morgan fingerprint density at radius 3 is 2.92 bits per heavy atom. The minimum atomic E-state index is -0.329. The number of carbonyl (C=O) groups is 1. The molecule has 0 spiro atoms. The Morgan fingerprint density at radius 2 is 2.19 bits per heavy atom. The zero-order chi connectivity index (χ0) is 18.1. The van der Waals surface area contributed by atoms with Gasteiger partial charge in [0.05, 0.1) is 24.5 Å². The van der Waals surface area contributed by atoms with Crippen LogP contribution in [0.2, 0.25) is 0 Å². The molecule has 2 aromatic heterocycles. The van der Waals surface area contributed by atoms with Gasteiger partial charge >= 0.3 is 0 Å². The molecule has 0 unspecified atom stereocenters. The highest BCUT2D eigenvalue weighted by atomic mass is 19.1. The van der Waals surface area contributed by atoms with E-state index in [4.69, 9.17) is 4.74 Å². The van der Waals surface area contributed by atoms with Crippen molar-refractivity contribution >= 4 is 16.8 Å². The molecule has 2 N–H and O–H groups in total. The van der Waals surface area contributed by atoms with Gasteiger partial charge in [0.1, 0.15) is 17.3 Å². The molecule has 4 rings (SSSR count). The molecule has 1 fully saturated rings.